The van der Waals surface area contributed by atoms with E-state index in [4.69, 9.17) is 11.6 Å². The Balaban J connectivity index is 1.79. The number of carbonyl (C=O) groups is 1. The smallest absolute Gasteiger partial charge is 0.261 e. The number of hydrogen-bond donors (Lipinski definition) is 0. The van der Waals surface area contributed by atoms with E-state index < -0.39 is 15.7 Å². The lowest BCUT2D eigenvalue weighted by atomic mass is 10.2. The highest BCUT2D eigenvalue weighted by Gasteiger charge is 2.26. The molecule has 2 aromatic carbocycles. The van der Waals surface area contributed by atoms with Gasteiger partial charge in [-0.15, -0.1) is 0 Å². The molecule has 30 heavy (non-hydrogen) atoms. The Morgan fingerprint density at radius 2 is 1.97 bits per heavy atom. The molecular weight excluding hydrogens is 444 g/mol. The molecule has 10 heteroatoms. The van der Waals surface area contributed by atoms with Crippen LogP contribution in [-0.2, 0) is 16.4 Å². The minimum Gasteiger partial charge on any atom is -0.282 e. The molecule has 4 aromatic rings. The highest BCUT2D eigenvalue weighted by atomic mass is 35.5. The van der Waals surface area contributed by atoms with E-state index in [-0.39, 0.29) is 17.0 Å². The summed E-state index contributed by atoms with van der Waals surface area (Å²) in [6.07, 6.45) is 4.54. The molecule has 0 fully saturated rings. The van der Waals surface area contributed by atoms with E-state index in [0.29, 0.717) is 22.2 Å². The first-order valence-electron chi connectivity index (χ1n) is 8.98. The fourth-order valence-electron chi connectivity index (χ4n) is 3.05. The third-order valence-corrected chi connectivity index (χ3v) is 6.97. The summed E-state index contributed by atoms with van der Waals surface area (Å²) in [5.41, 5.74) is 0.707. The van der Waals surface area contributed by atoms with Gasteiger partial charge in [0.05, 0.1) is 26.7 Å². The highest BCUT2D eigenvalue weighted by Crippen LogP contribution is 2.34. The number of nitrogens with zero attached hydrogens (tertiary/aromatic N) is 4. The number of fused-ring (bicyclic) bond motifs is 1. The van der Waals surface area contributed by atoms with Crippen molar-refractivity contribution in [2.45, 2.75) is 11.4 Å². The van der Waals surface area contributed by atoms with E-state index >= 15 is 0 Å². The lowest BCUT2D eigenvalue weighted by Gasteiger charge is -2.21. The van der Waals surface area contributed by atoms with Crippen molar-refractivity contribution in [1.82, 2.24) is 14.8 Å². The molecule has 0 aliphatic rings. The molecule has 154 valence electrons. The highest BCUT2D eigenvalue weighted by molar-refractivity contribution is 7.90. The predicted molar refractivity (Wildman–Crippen MR) is 118 cm³/mol. The number of benzene rings is 2. The average Bonchev–Trinajstić information content (AvgIpc) is 3.38. The minimum absolute atomic E-state index is 0.0155. The molecule has 0 atom stereocenters. The van der Waals surface area contributed by atoms with Crippen LogP contribution in [-0.4, -0.2) is 41.9 Å². The van der Waals surface area contributed by atoms with Gasteiger partial charge in [-0.05, 0) is 30.3 Å². The first-order chi connectivity index (χ1) is 14.3. The van der Waals surface area contributed by atoms with Crippen LogP contribution in [0, 0.1) is 0 Å². The normalized spacial score (nSPS) is 11.7. The van der Waals surface area contributed by atoms with Gasteiger partial charge in [-0.2, -0.15) is 5.10 Å². The second-order valence-corrected chi connectivity index (χ2v) is 9.98. The SMILES string of the molecule is CS(=O)(=O)c1ccccc1C(=O)N(CCn1cccn1)c1nc2c(Cl)cccc2s1. The Bertz CT molecular complexity index is 1320. The fraction of sp³-hybridized carbons (Fsp3) is 0.150. The molecule has 0 saturated heterocycles. The second-order valence-electron chi connectivity index (χ2n) is 6.58. The maximum absolute atomic E-state index is 13.5. The molecule has 2 heterocycles. The van der Waals surface area contributed by atoms with Gasteiger partial charge in [0.25, 0.3) is 5.91 Å². The van der Waals surface area contributed by atoms with Gasteiger partial charge in [-0.1, -0.05) is 41.1 Å². The van der Waals surface area contributed by atoms with Crippen LogP contribution < -0.4 is 4.90 Å². The number of aromatic nitrogens is 3. The van der Waals surface area contributed by atoms with Gasteiger partial charge in [0, 0.05) is 25.2 Å². The number of rotatable bonds is 6. The zero-order valence-electron chi connectivity index (χ0n) is 15.9. The van der Waals surface area contributed by atoms with Gasteiger partial charge in [0.15, 0.2) is 15.0 Å². The Labute approximate surface area is 182 Å². The molecule has 0 N–H and O–H groups in total. The van der Waals surface area contributed by atoms with Crippen LogP contribution >= 0.6 is 22.9 Å². The Morgan fingerprint density at radius 3 is 2.67 bits per heavy atom. The first kappa shape index (κ1) is 20.5. The van der Waals surface area contributed by atoms with Crippen LogP contribution in [0.5, 0.6) is 0 Å². The van der Waals surface area contributed by atoms with E-state index in [1.807, 2.05) is 12.1 Å². The quantitative estimate of drug-likeness (QED) is 0.435. The number of thiazole rings is 1. The lowest BCUT2D eigenvalue weighted by molar-refractivity contribution is 0.0982. The maximum atomic E-state index is 13.5. The molecule has 0 aliphatic carbocycles. The molecule has 0 unspecified atom stereocenters. The van der Waals surface area contributed by atoms with Gasteiger partial charge in [-0.25, -0.2) is 13.4 Å². The van der Waals surface area contributed by atoms with E-state index in [1.165, 1.54) is 28.4 Å². The number of carbonyl (C=O) groups excluding carboxylic acids is 1. The van der Waals surface area contributed by atoms with E-state index in [1.54, 1.807) is 41.3 Å². The summed E-state index contributed by atoms with van der Waals surface area (Å²) < 4.78 is 27.0. The summed E-state index contributed by atoms with van der Waals surface area (Å²) in [6.45, 7) is 0.680. The van der Waals surface area contributed by atoms with E-state index in [9.17, 15) is 13.2 Å². The third-order valence-electron chi connectivity index (χ3n) is 4.46. The zero-order valence-corrected chi connectivity index (χ0v) is 18.3. The predicted octanol–water partition coefficient (Wildman–Crippen LogP) is 3.90. The molecular formula is C20H17ClN4O3S2. The third kappa shape index (κ3) is 4.09. The molecule has 7 nitrogen and oxygen atoms in total. The number of halogens is 1. The summed E-state index contributed by atoms with van der Waals surface area (Å²) >= 11 is 7.59. The van der Waals surface area contributed by atoms with Gasteiger partial charge in [0.1, 0.15) is 5.52 Å². The molecule has 0 radical (unpaired) electrons. The molecule has 0 aliphatic heterocycles. The molecule has 1 amide bonds. The summed E-state index contributed by atoms with van der Waals surface area (Å²) in [5.74, 6) is -0.446. The van der Waals surface area contributed by atoms with Crippen molar-refractivity contribution in [3.63, 3.8) is 0 Å². The van der Waals surface area contributed by atoms with Gasteiger partial charge >= 0.3 is 0 Å². The Kier molecular flexibility index (Phi) is 5.59. The van der Waals surface area contributed by atoms with Crippen LogP contribution in [0.15, 0.2) is 65.8 Å². The minimum atomic E-state index is -3.59. The standard InChI is InChI=1S/C20H17ClN4O3S2/c1-30(27,28)17-9-3-2-6-14(17)19(26)25(13-12-24-11-5-10-22-24)20-23-18-15(21)7-4-8-16(18)29-20/h2-11H,12-13H2,1H3. The molecule has 4 rings (SSSR count). The van der Waals surface area contributed by atoms with Crippen molar-refractivity contribution in [2.24, 2.45) is 0 Å². The Morgan fingerprint density at radius 1 is 1.17 bits per heavy atom. The van der Waals surface area contributed by atoms with Crippen LogP contribution in [0.2, 0.25) is 5.02 Å². The van der Waals surface area contributed by atoms with Crippen LogP contribution in [0.3, 0.4) is 0 Å². The maximum Gasteiger partial charge on any atom is 0.261 e. The molecule has 2 aromatic heterocycles. The molecule has 0 saturated carbocycles. The topological polar surface area (TPSA) is 85.2 Å². The monoisotopic (exact) mass is 460 g/mol. The average molecular weight is 461 g/mol. The summed E-state index contributed by atoms with van der Waals surface area (Å²) in [4.78, 5) is 19.5. The molecule has 0 bridgehead atoms. The number of sulfone groups is 1. The fourth-order valence-corrected chi connectivity index (χ4v) is 5.22. The van der Waals surface area contributed by atoms with Crippen LogP contribution in [0.25, 0.3) is 10.2 Å². The lowest BCUT2D eigenvalue weighted by Crippen LogP contribution is -2.34. The van der Waals surface area contributed by atoms with Crippen molar-refractivity contribution in [3.05, 3.63) is 71.5 Å². The van der Waals surface area contributed by atoms with Crippen molar-refractivity contribution >= 4 is 54.0 Å². The summed E-state index contributed by atoms with van der Waals surface area (Å²) in [6, 6.07) is 13.4. The van der Waals surface area contributed by atoms with Crippen molar-refractivity contribution < 1.29 is 13.2 Å². The molecule has 0 spiro atoms. The number of para-hydroxylation sites is 1. The van der Waals surface area contributed by atoms with Crippen LogP contribution in [0.1, 0.15) is 10.4 Å². The summed E-state index contributed by atoms with van der Waals surface area (Å²) in [7, 11) is -3.59. The Hall–Kier alpha value is -2.75. The van der Waals surface area contributed by atoms with Crippen molar-refractivity contribution in [1.29, 1.82) is 0 Å². The summed E-state index contributed by atoms with van der Waals surface area (Å²) in [5, 5.41) is 5.11. The van der Waals surface area contributed by atoms with E-state index in [2.05, 4.69) is 10.1 Å². The van der Waals surface area contributed by atoms with Crippen LogP contribution in [0.4, 0.5) is 5.13 Å². The number of anilines is 1. The number of hydrogen-bond acceptors (Lipinski definition) is 6. The van der Waals surface area contributed by atoms with E-state index in [0.717, 1.165) is 11.0 Å². The second kappa shape index (κ2) is 8.17. The first-order valence-corrected chi connectivity index (χ1v) is 12.1. The largest absolute Gasteiger partial charge is 0.282 e. The zero-order chi connectivity index (χ0) is 21.3. The van der Waals surface area contributed by atoms with Crippen molar-refractivity contribution in [3.8, 4) is 0 Å². The van der Waals surface area contributed by atoms with Crippen molar-refractivity contribution in [2.75, 3.05) is 17.7 Å². The van der Waals surface area contributed by atoms with Gasteiger partial charge in [-0.3, -0.25) is 14.4 Å². The van der Waals surface area contributed by atoms with Gasteiger partial charge in [0.2, 0.25) is 0 Å². The number of amides is 1. The van der Waals surface area contributed by atoms with Gasteiger partial charge < -0.3 is 0 Å².